The molecule has 0 aromatic heterocycles. The molecule has 0 radical (unpaired) electrons. The maximum absolute atomic E-state index is 12.0. The summed E-state index contributed by atoms with van der Waals surface area (Å²) in [7, 11) is 0. The molecule has 5 nitrogen and oxygen atoms in total. The fourth-order valence-corrected chi connectivity index (χ4v) is 2.06. The van der Waals surface area contributed by atoms with Crippen molar-refractivity contribution in [2.75, 3.05) is 18.4 Å². The number of carbonyl (C=O) groups excluding carboxylic acids is 2. The highest BCUT2D eigenvalue weighted by molar-refractivity contribution is 5.97. The number of benzene rings is 1. The van der Waals surface area contributed by atoms with Crippen molar-refractivity contribution in [1.82, 2.24) is 10.6 Å². The quantitative estimate of drug-likeness (QED) is 0.750. The van der Waals surface area contributed by atoms with E-state index in [0.29, 0.717) is 5.92 Å². The van der Waals surface area contributed by atoms with Crippen LogP contribution in [-0.2, 0) is 9.59 Å². The van der Waals surface area contributed by atoms with Gasteiger partial charge in [0.15, 0.2) is 0 Å². The van der Waals surface area contributed by atoms with Gasteiger partial charge in [0.25, 0.3) is 0 Å². The summed E-state index contributed by atoms with van der Waals surface area (Å²) in [6, 6.07) is 8.67. The van der Waals surface area contributed by atoms with Crippen LogP contribution < -0.4 is 16.0 Å². The van der Waals surface area contributed by atoms with Crippen molar-refractivity contribution in [3.05, 3.63) is 30.3 Å². The average Bonchev–Trinajstić information content (AvgIpc) is 2.37. The number of rotatable bonds is 5. The minimum Gasteiger partial charge on any atom is -0.344 e. The van der Waals surface area contributed by atoms with Gasteiger partial charge in [-0.25, -0.2) is 0 Å². The van der Waals surface area contributed by atoms with E-state index in [-0.39, 0.29) is 17.7 Å². The molecule has 2 amide bonds. The summed E-state index contributed by atoms with van der Waals surface area (Å²) in [5, 5.41) is 8.69. The Labute approximate surface area is 119 Å². The van der Waals surface area contributed by atoms with Gasteiger partial charge >= 0.3 is 0 Å². The van der Waals surface area contributed by atoms with Crippen molar-refractivity contribution in [3.63, 3.8) is 0 Å². The number of para-hydroxylation sites is 1. The summed E-state index contributed by atoms with van der Waals surface area (Å²) in [6.45, 7) is 5.35. The van der Waals surface area contributed by atoms with Crippen LogP contribution in [0.15, 0.2) is 30.3 Å². The first kappa shape index (κ1) is 14.5. The lowest BCUT2D eigenvalue weighted by Crippen LogP contribution is -2.52. The standard InChI is InChI=1S/C15H21N3O2/c1-10(12-8-16-9-12)14(19)17-11(2)15(20)18-13-6-4-3-5-7-13/h3-7,10-12,16H,8-9H2,1-2H3,(H,17,19)(H,18,20). The Hall–Kier alpha value is -1.88. The zero-order chi connectivity index (χ0) is 14.5. The molecule has 0 aliphatic carbocycles. The van der Waals surface area contributed by atoms with Crippen LogP contribution >= 0.6 is 0 Å². The largest absolute Gasteiger partial charge is 0.344 e. The van der Waals surface area contributed by atoms with Gasteiger partial charge in [-0.15, -0.1) is 0 Å². The predicted octanol–water partition coefficient (Wildman–Crippen LogP) is 0.985. The Morgan fingerprint density at radius 1 is 1.15 bits per heavy atom. The van der Waals surface area contributed by atoms with Crippen molar-refractivity contribution in [1.29, 1.82) is 0 Å². The molecule has 5 heteroatoms. The van der Waals surface area contributed by atoms with Crippen LogP contribution in [0.4, 0.5) is 5.69 Å². The maximum Gasteiger partial charge on any atom is 0.246 e. The summed E-state index contributed by atoms with van der Waals surface area (Å²) in [6.07, 6.45) is 0. The van der Waals surface area contributed by atoms with E-state index >= 15 is 0 Å². The van der Waals surface area contributed by atoms with E-state index in [4.69, 9.17) is 0 Å². The molecule has 1 saturated heterocycles. The molecule has 3 N–H and O–H groups in total. The van der Waals surface area contributed by atoms with Gasteiger partial charge in [0.1, 0.15) is 6.04 Å². The van der Waals surface area contributed by atoms with Gasteiger partial charge in [-0.05, 0) is 38.1 Å². The minimum atomic E-state index is -0.543. The molecular weight excluding hydrogens is 254 g/mol. The van der Waals surface area contributed by atoms with Gasteiger partial charge in [0.2, 0.25) is 11.8 Å². The van der Waals surface area contributed by atoms with Crippen LogP contribution in [0.25, 0.3) is 0 Å². The average molecular weight is 275 g/mol. The first-order valence-corrected chi connectivity index (χ1v) is 6.95. The highest BCUT2D eigenvalue weighted by Crippen LogP contribution is 2.16. The smallest absolute Gasteiger partial charge is 0.246 e. The lowest BCUT2D eigenvalue weighted by molar-refractivity contribution is -0.130. The van der Waals surface area contributed by atoms with Gasteiger partial charge in [0, 0.05) is 11.6 Å². The Bertz CT molecular complexity index is 471. The van der Waals surface area contributed by atoms with Gasteiger partial charge in [-0.3, -0.25) is 9.59 Å². The molecule has 1 aliphatic rings. The van der Waals surface area contributed by atoms with Gasteiger partial charge < -0.3 is 16.0 Å². The topological polar surface area (TPSA) is 70.2 Å². The Balaban J connectivity index is 1.82. The highest BCUT2D eigenvalue weighted by Gasteiger charge is 2.30. The van der Waals surface area contributed by atoms with E-state index < -0.39 is 6.04 Å². The molecule has 0 spiro atoms. The fraction of sp³-hybridized carbons (Fsp3) is 0.467. The van der Waals surface area contributed by atoms with Crippen molar-refractivity contribution in [2.24, 2.45) is 11.8 Å². The Morgan fingerprint density at radius 3 is 2.35 bits per heavy atom. The van der Waals surface area contributed by atoms with Crippen LogP contribution in [0.2, 0.25) is 0 Å². The van der Waals surface area contributed by atoms with E-state index in [0.717, 1.165) is 18.8 Å². The molecule has 1 aromatic rings. The van der Waals surface area contributed by atoms with Crippen LogP contribution in [0.1, 0.15) is 13.8 Å². The summed E-state index contributed by atoms with van der Waals surface area (Å²) in [5.74, 6) is 0.0401. The van der Waals surface area contributed by atoms with E-state index in [1.165, 1.54) is 0 Å². The minimum absolute atomic E-state index is 0.0628. The number of amides is 2. The molecule has 2 atom stereocenters. The van der Waals surface area contributed by atoms with Crippen molar-refractivity contribution in [3.8, 4) is 0 Å². The zero-order valence-electron chi connectivity index (χ0n) is 11.8. The van der Waals surface area contributed by atoms with E-state index in [9.17, 15) is 9.59 Å². The van der Waals surface area contributed by atoms with Gasteiger partial charge in [0.05, 0.1) is 0 Å². The summed E-state index contributed by atoms with van der Waals surface area (Å²) >= 11 is 0. The summed E-state index contributed by atoms with van der Waals surface area (Å²) < 4.78 is 0. The molecule has 0 bridgehead atoms. The molecule has 2 rings (SSSR count). The molecule has 108 valence electrons. The lowest BCUT2D eigenvalue weighted by Gasteiger charge is -2.32. The molecule has 1 fully saturated rings. The predicted molar refractivity (Wildman–Crippen MR) is 78.2 cm³/mol. The van der Waals surface area contributed by atoms with Crippen LogP contribution in [0.3, 0.4) is 0 Å². The van der Waals surface area contributed by atoms with E-state index in [1.54, 1.807) is 6.92 Å². The lowest BCUT2D eigenvalue weighted by atomic mass is 9.88. The van der Waals surface area contributed by atoms with Gasteiger partial charge in [-0.1, -0.05) is 25.1 Å². The summed E-state index contributed by atoms with van der Waals surface area (Å²) in [4.78, 5) is 24.0. The number of anilines is 1. The second kappa shape index (κ2) is 6.52. The number of hydrogen-bond acceptors (Lipinski definition) is 3. The fourth-order valence-electron chi connectivity index (χ4n) is 2.06. The maximum atomic E-state index is 12.0. The van der Waals surface area contributed by atoms with Crippen molar-refractivity contribution < 1.29 is 9.59 Å². The second-order valence-corrected chi connectivity index (χ2v) is 5.29. The monoisotopic (exact) mass is 275 g/mol. The van der Waals surface area contributed by atoms with Crippen molar-refractivity contribution >= 4 is 17.5 Å². The van der Waals surface area contributed by atoms with E-state index in [1.807, 2.05) is 37.3 Å². The highest BCUT2D eigenvalue weighted by atomic mass is 16.2. The Kier molecular flexibility index (Phi) is 4.74. The third-order valence-electron chi connectivity index (χ3n) is 3.73. The Morgan fingerprint density at radius 2 is 1.80 bits per heavy atom. The van der Waals surface area contributed by atoms with Crippen LogP contribution in [0, 0.1) is 11.8 Å². The SMILES string of the molecule is CC(NC(=O)C(C)C1CNC1)C(=O)Nc1ccccc1. The third kappa shape index (κ3) is 3.57. The molecule has 1 heterocycles. The van der Waals surface area contributed by atoms with Gasteiger partial charge in [-0.2, -0.15) is 0 Å². The molecule has 1 aliphatic heterocycles. The van der Waals surface area contributed by atoms with Crippen LogP contribution in [-0.4, -0.2) is 30.9 Å². The van der Waals surface area contributed by atoms with Crippen LogP contribution in [0.5, 0.6) is 0 Å². The zero-order valence-corrected chi connectivity index (χ0v) is 11.8. The number of carbonyl (C=O) groups is 2. The molecule has 0 saturated carbocycles. The first-order chi connectivity index (χ1) is 9.58. The first-order valence-electron chi connectivity index (χ1n) is 6.95. The normalized spacial score (nSPS) is 17.7. The molecule has 1 aromatic carbocycles. The molecule has 20 heavy (non-hydrogen) atoms. The molecule has 2 unspecified atom stereocenters. The van der Waals surface area contributed by atoms with Crippen molar-refractivity contribution in [2.45, 2.75) is 19.9 Å². The number of hydrogen-bond donors (Lipinski definition) is 3. The molecular formula is C15H21N3O2. The number of nitrogens with one attached hydrogen (secondary N) is 3. The van der Waals surface area contributed by atoms with E-state index in [2.05, 4.69) is 16.0 Å². The summed E-state index contributed by atoms with van der Waals surface area (Å²) in [5.41, 5.74) is 0.731. The second-order valence-electron chi connectivity index (χ2n) is 5.29. The third-order valence-corrected chi connectivity index (χ3v) is 3.73.